The van der Waals surface area contributed by atoms with Crippen LogP contribution in [-0.4, -0.2) is 10.6 Å². The molecule has 0 fully saturated rings. The maximum Gasteiger partial charge on any atom is 0.269 e. The van der Waals surface area contributed by atoms with Crippen molar-refractivity contribution >= 4 is 22.8 Å². The van der Waals surface area contributed by atoms with E-state index in [1.165, 1.54) is 23.3 Å². The number of nitrogens with one attached hydrogen (secondary N) is 2. The minimum Gasteiger partial charge on any atom is -0.398 e. The van der Waals surface area contributed by atoms with Crippen molar-refractivity contribution in [3.05, 3.63) is 98.6 Å². The molecule has 1 unspecified atom stereocenters. The number of nitrogens with zero attached hydrogens (tertiary/aromatic N) is 2. The monoisotopic (exact) mass is 411 g/mol. The zero-order chi connectivity index (χ0) is 22.0. The fourth-order valence-corrected chi connectivity index (χ4v) is 4.00. The number of rotatable bonds is 5. The molecule has 0 saturated carbocycles. The van der Waals surface area contributed by atoms with Crippen LogP contribution >= 0.6 is 0 Å². The van der Waals surface area contributed by atoms with Gasteiger partial charge in [-0.3, -0.25) is 15.5 Å². The van der Waals surface area contributed by atoms with Gasteiger partial charge in [0.15, 0.2) is 0 Å². The summed E-state index contributed by atoms with van der Waals surface area (Å²) in [5.74, 6) is 0. The lowest BCUT2D eigenvalue weighted by molar-refractivity contribution is -0.384. The van der Waals surface area contributed by atoms with Crippen LogP contribution in [0, 0.1) is 26.9 Å². The fourth-order valence-electron chi connectivity index (χ4n) is 4.00. The second-order valence-electron chi connectivity index (χ2n) is 7.60. The SMILES string of the molecule is N#Cc1ccc2c(c1)CCCC2Nc1ccc(N)c(C(=N)c2ccc([N+](=O)[O-])cc2)c1. The lowest BCUT2D eigenvalue weighted by Gasteiger charge is -2.27. The highest BCUT2D eigenvalue weighted by Crippen LogP contribution is 2.34. The molecular weight excluding hydrogens is 390 g/mol. The van der Waals surface area contributed by atoms with Gasteiger partial charge in [-0.25, -0.2) is 0 Å². The maximum atomic E-state index is 10.9. The topological polar surface area (TPSA) is 129 Å². The van der Waals surface area contributed by atoms with Gasteiger partial charge in [0.2, 0.25) is 0 Å². The highest BCUT2D eigenvalue weighted by molar-refractivity contribution is 6.14. The number of nitrogens with two attached hydrogens (primary N) is 1. The third-order valence-corrected chi connectivity index (χ3v) is 5.62. The zero-order valence-corrected chi connectivity index (χ0v) is 16.8. The molecule has 0 amide bonds. The smallest absolute Gasteiger partial charge is 0.269 e. The molecule has 0 aliphatic heterocycles. The van der Waals surface area contributed by atoms with E-state index in [2.05, 4.69) is 11.4 Å². The van der Waals surface area contributed by atoms with Gasteiger partial charge in [0.05, 0.1) is 28.3 Å². The van der Waals surface area contributed by atoms with E-state index >= 15 is 0 Å². The molecule has 1 atom stereocenters. The predicted molar refractivity (Wildman–Crippen MR) is 120 cm³/mol. The van der Waals surface area contributed by atoms with Gasteiger partial charge in [-0.15, -0.1) is 0 Å². The average molecular weight is 411 g/mol. The van der Waals surface area contributed by atoms with Crippen LogP contribution in [0.15, 0.2) is 60.7 Å². The largest absolute Gasteiger partial charge is 0.398 e. The number of fused-ring (bicyclic) bond motifs is 1. The summed E-state index contributed by atoms with van der Waals surface area (Å²) in [5.41, 5.74) is 11.8. The van der Waals surface area contributed by atoms with Gasteiger partial charge in [0.1, 0.15) is 0 Å². The molecule has 1 aliphatic carbocycles. The Morgan fingerprint density at radius 3 is 2.65 bits per heavy atom. The third-order valence-electron chi connectivity index (χ3n) is 5.62. The van der Waals surface area contributed by atoms with Gasteiger partial charge in [-0.05, 0) is 72.9 Å². The van der Waals surface area contributed by atoms with Crippen LogP contribution in [0.2, 0.25) is 0 Å². The van der Waals surface area contributed by atoms with Crippen molar-refractivity contribution in [3.8, 4) is 6.07 Å². The van der Waals surface area contributed by atoms with Crippen molar-refractivity contribution < 1.29 is 4.92 Å². The van der Waals surface area contributed by atoms with Crippen LogP contribution in [-0.2, 0) is 6.42 Å². The molecular formula is C24H21N5O2. The Morgan fingerprint density at radius 1 is 1.16 bits per heavy atom. The zero-order valence-electron chi connectivity index (χ0n) is 16.8. The molecule has 1 aliphatic rings. The van der Waals surface area contributed by atoms with E-state index < -0.39 is 4.92 Å². The number of hydrogen-bond donors (Lipinski definition) is 3. The van der Waals surface area contributed by atoms with E-state index in [0.29, 0.717) is 22.4 Å². The molecule has 0 bridgehead atoms. The van der Waals surface area contributed by atoms with Crippen LogP contribution in [0.4, 0.5) is 17.1 Å². The number of non-ortho nitro benzene ring substituents is 1. The number of anilines is 2. The molecule has 31 heavy (non-hydrogen) atoms. The molecule has 7 nitrogen and oxygen atoms in total. The number of hydrogen-bond acceptors (Lipinski definition) is 6. The molecule has 154 valence electrons. The number of nitrogen functional groups attached to an aromatic ring is 1. The van der Waals surface area contributed by atoms with Crippen molar-refractivity contribution in [1.82, 2.24) is 0 Å². The molecule has 3 aromatic rings. The van der Waals surface area contributed by atoms with Crippen LogP contribution in [0.3, 0.4) is 0 Å². The Hall–Kier alpha value is -4.18. The van der Waals surface area contributed by atoms with Crippen molar-refractivity contribution in [1.29, 1.82) is 10.7 Å². The first-order chi connectivity index (χ1) is 15.0. The van der Waals surface area contributed by atoms with Gasteiger partial charge in [0, 0.05) is 34.6 Å². The van der Waals surface area contributed by atoms with Crippen molar-refractivity contribution in [3.63, 3.8) is 0 Å². The van der Waals surface area contributed by atoms with Crippen LogP contribution < -0.4 is 11.1 Å². The van der Waals surface area contributed by atoms with E-state index in [1.54, 1.807) is 18.2 Å². The minimum absolute atomic E-state index is 0.0181. The first-order valence-electron chi connectivity index (χ1n) is 9.99. The second kappa shape index (κ2) is 8.28. The molecule has 7 heteroatoms. The fraction of sp³-hybridized carbons (Fsp3) is 0.167. The Labute approximate surface area is 179 Å². The molecule has 0 heterocycles. The molecule has 0 aromatic heterocycles. The number of nitriles is 1. The second-order valence-corrected chi connectivity index (χ2v) is 7.60. The number of nitro groups is 1. The van der Waals surface area contributed by atoms with Crippen molar-refractivity contribution in [2.45, 2.75) is 25.3 Å². The lowest BCUT2D eigenvalue weighted by atomic mass is 9.86. The molecule has 3 aromatic carbocycles. The average Bonchev–Trinajstić information content (AvgIpc) is 2.79. The summed E-state index contributed by atoms with van der Waals surface area (Å²) >= 11 is 0. The van der Waals surface area contributed by atoms with Gasteiger partial charge >= 0.3 is 0 Å². The summed E-state index contributed by atoms with van der Waals surface area (Å²) in [6.07, 6.45) is 2.96. The van der Waals surface area contributed by atoms with E-state index in [0.717, 1.165) is 24.9 Å². The van der Waals surface area contributed by atoms with Crippen molar-refractivity contribution in [2.24, 2.45) is 0 Å². The number of nitro benzene ring substituents is 1. The maximum absolute atomic E-state index is 10.9. The van der Waals surface area contributed by atoms with Crippen LogP contribution in [0.25, 0.3) is 0 Å². The number of benzene rings is 3. The Balaban J connectivity index is 1.60. The number of aryl methyl sites for hydroxylation is 1. The van der Waals surface area contributed by atoms with Gasteiger partial charge in [0.25, 0.3) is 5.69 Å². The Morgan fingerprint density at radius 2 is 1.94 bits per heavy atom. The molecule has 0 spiro atoms. The quantitative estimate of drug-likeness (QED) is 0.237. The first kappa shape index (κ1) is 20.1. The molecule has 4 N–H and O–H groups in total. The van der Waals surface area contributed by atoms with Gasteiger partial charge in [-0.1, -0.05) is 6.07 Å². The summed E-state index contributed by atoms with van der Waals surface area (Å²) in [6, 6.07) is 19.5. The molecule has 0 saturated heterocycles. The highest BCUT2D eigenvalue weighted by Gasteiger charge is 2.21. The lowest BCUT2D eigenvalue weighted by Crippen LogP contribution is -2.18. The normalized spacial score (nSPS) is 14.9. The summed E-state index contributed by atoms with van der Waals surface area (Å²) in [6.45, 7) is 0. The highest BCUT2D eigenvalue weighted by atomic mass is 16.6. The summed E-state index contributed by atoms with van der Waals surface area (Å²) in [7, 11) is 0. The Kier molecular flexibility index (Phi) is 5.37. The Bertz CT molecular complexity index is 1210. The molecule has 0 radical (unpaired) electrons. The first-order valence-corrected chi connectivity index (χ1v) is 9.99. The summed E-state index contributed by atoms with van der Waals surface area (Å²) in [5, 5.41) is 32.1. The van der Waals surface area contributed by atoms with E-state index in [-0.39, 0.29) is 17.4 Å². The van der Waals surface area contributed by atoms with Gasteiger partial charge < -0.3 is 11.1 Å². The predicted octanol–water partition coefficient (Wildman–Crippen LogP) is 4.95. The van der Waals surface area contributed by atoms with E-state index in [4.69, 9.17) is 16.4 Å². The van der Waals surface area contributed by atoms with Gasteiger partial charge in [-0.2, -0.15) is 5.26 Å². The third kappa shape index (κ3) is 4.09. The summed E-state index contributed by atoms with van der Waals surface area (Å²) in [4.78, 5) is 10.4. The van der Waals surface area contributed by atoms with Crippen LogP contribution in [0.5, 0.6) is 0 Å². The minimum atomic E-state index is -0.464. The van der Waals surface area contributed by atoms with Crippen LogP contribution in [0.1, 0.15) is 46.7 Å². The van der Waals surface area contributed by atoms with E-state index in [1.807, 2.05) is 30.3 Å². The standard InChI is InChI=1S/C24H21N5O2/c25-14-15-4-10-20-17(12-15)2-1-3-23(20)28-18-7-11-22(26)21(13-18)24(27)16-5-8-19(9-6-16)29(30)31/h4-13,23,27-28H,1-3,26H2. The summed E-state index contributed by atoms with van der Waals surface area (Å²) < 4.78 is 0. The van der Waals surface area contributed by atoms with Crippen molar-refractivity contribution in [2.75, 3.05) is 11.1 Å². The van der Waals surface area contributed by atoms with E-state index in [9.17, 15) is 10.1 Å². The molecule has 4 rings (SSSR count).